The minimum Gasteiger partial charge on any atom is -0.493 e. The summed E-state index contributed by atoms with van der Waals surface area (Å²) < 4.78 is 15.6. The maximum Gasteiger partial charge on any atom is 0.327 e. The molecule has 1 aliphatic rings. The Bertz CT molecular complexity index is 724. The SMILES string of the molecule is COc1cc(C(=O)NCC(C)N2CCCC(C)C2)c([N+](=O)[O-])c(OC)c1OC. The van der Waals surface area contributed by atoms with Gasteiger partial charge in [-0.3, -0.25) is 19.8 Å². The zero-order chi connectivity index (χ0) is 20.8. The number of ether oxygens (including phenoxy) is 3. The Morgan fingerprint density at radius 3 is 2.54 bits per heavy atom. The molecule has 0 aromatic heterocycles. The molecule has 1 aromatic carbocycles. The summed E-state index contributed by atoms with van der Waals surface area (Å²) in [5, 5.41) is 14.4. The molecule has 9 heteroatoms. The smallest absolute Gasteiger partial charge is 0.327 e. The number of methoxy groups -OCH3 is 3. The third-order valence-electron chi connectivity index (χ3n) is 5.10. The standard InChI is InChI=1S/C19H29N3O6/c1-12-7-6-8-21(11-12)13(2)10-20-19(23)14-9-15(26-3)17(27-4)18(28-5)16(14)22(24)25/h9,12-13H,6-8,10-11H2,1-5H3,(H,20,23). The van der Waals surface area contributed by atoms with Crippen LogP contribution in [0.25, 0.3) is 0 Å². The lowest BCUT2D eigenvalue weighted by Gasteiger charge is -2.35. The highest BCUT2D eigenvalue weighted by Crippen LogP contribution is 2.46. The van der Waals surface area contributed by atoms with Crippen molar-refractivity contribution in [3.05, 3.63) is 21.7 Å². The van der Waals surface area contributed by atoms with E-state index in [9.17, 15) is 14.9 Å². The van der Waals surface area contributed by atoms with Crippen LogP contribution in [-0.4, -0.2) is 62.7 Å². The maximum absolute atomic E-state index is 12.8. The second-order valence-electron chi connectivity index (χ2n) is 7.10. The second kappa shape index (κ2) is 9.59. The molecule has 2 atom stereocenters. The highest BCUT2D eigenvalue weighted by atomic mass is 16.6. The summed E-state index contributed by atoms with van der Waals surface area (Å²) in [5.74, 6) is 0.192. The van der Waals surface area contributed by atoms with Crippen molar-refractivity contribution in [1.29, 1.82) is 0 Å². The second-order valence-corrected chi connectivity index (χ2v) is 7.10. The van der Waals surface area contributed by atoms with Gasteiger partial charge < -0.3 is 19.5 Å². The van der Waals surface area contributed by atoms with Crippen LogP contribution in [0.2, 0.25) is 0 Å². The number of nitro groups is 1. The fraction of sp³-hybridized carbons (Fsp3) is 0.632. The Kier molecular flexibility index (Phi) is 7.45. The van der Waals surface area contributed by atoms with Crippen molar-refractivity contribution in [1.82, 2.24) is 10.2 Å². The van der Waals surface area contributed by atoms with Gasteiger partial charge in [-0.05, 0) is 32.2 Å². The van der Waals surface area contributed by atoms with Crippen molar-refractivity contribution in [3.8, 4) is 17.2 Å². The fourth-order valence-corrected chi connectivity index (χ4v) is 3.59. The average molecular weight is 395 g/mol. The Balaban J connectivity index is 2.25. The number of rotatable bonds is 8. The number of piperidine rings is 1. The van der Waals surface area contributed by atoms with Crippen LogP contribution in [0.3, 0.4) is 0 Å². The maximum atomic E-state index is 12.8. The molecule has 1 heterocycles. The molecule has 2 unspecified atom stereocenters. The quantitative estimate of drug-likeness (QED) is 0.533. The third kappa shape index (κ3) is 4.64. The van der Waals surface area contributed by atoms with E-state index in [4.69, 9.17) is 14.2 Å². The van der Waals surface area contributed by atoms with Crippen LogP contribution in [0.1, 0.15) is 37.0 Å². The van der Waals surface area contributed by atoms with Gasteiger partial charge in [0.25, 0.3) is 5.91 Å². The van der Waals surface area contributed by atoms with Crippen LogP contribution >= 0.6 is 0 Å². The van der Waals surface area contributed by atoms with Gasteiger partial charge >= 0.3 is 5.69 Å². The van der Waals surface area contributed by atoms with Crippen LogP contribution in [0, 0.1) is 16.0 Å². The first-order valence-corrected chi connectivity index (χ1v) is 9.33. The largest absolute Gasteiger partial charge is 0.493 e. The molecule has 1 aromatic rings. The lowest BCUT2D eigenvalue weighted by molar-refractivity contribution is -0.386. The van der Waals surface area contributed by atoms with Crippen LogP contribution in [0.5, 0.6) is 17.2 Å². The van der Waals surface area contributed by atoms with E-state index in [0.717, 1.165) is 19.5 Å². The van der Waals surface area contributed by atoms with Crippen molar-refractivity contribution in [3.63, 3.8) is 0 Å². The summed E-state index contributed by atoms with van der Waals surface area (Å²) >= 11 is 0. The van der Waals surface area contributed by atoms with Crippen LogP contribution in [0.15, 0.2) is 6.07 Å². The number of benzene rings is 1. The zero-order valence-electron chi connectivity index (χ0n) is 17.1. The van der Waals surface area contributed by atoms with Gasteiger partial charge in [0.15, 0.2) is 5.75 Å². The minimum atomic E-state index is -0.647. The highest BCUT2D eigenvalue weighted by molar-refractivity contribution is 6.00. The van der Waals surface area contributed by atoms with Crippen molar-refractivity contribution < 1.29 is 23.9 Å². The van der Waals surface area contributed by atoms with Crippen LogP contribution in [-0.2, 0) is 0 Å². The summed E-state index contributed by atoms with van der Waals surface area (Å²) in [7, 11) is 4.03. The molecule has 1 saturated heterocycles. The molecule has 9 nitrogen and oxygen atoms in total. The van der Waals surface area contributed by atoms with E-state index in [1.807, 2.05) is 6.92 Å². The predicted octanol–water partition coefficient (Wildman–Crippen LogP) is 2.47. The molecule has 0 spiro atoms. The molecule has 0 bridgehead atoms. The van der Waals surface area contributed by atoms with Crippen molar-refractivity contribution in [2.24, 2.45) is 5.92 Å². The van der Waals surface area contributed by atoms with Gasteiger partial charge in [-0.15, -0.1) is 0 Å². The Labute approximate surface area is 165 Å². The Morgan fingerprint density at radius 2 is 2.00 bits per heavy atom. The first-order valence-electron chi connectivity index (χ1n) is 9.33. The average Bonchev–Trinajstić information content (AvgIpc) is 2.69. The number of nitro benzene ring substituents is 1. The van der Waals surface area contributed by atoms with E-state index in [2.05, 4.69) is 17.1 Å². The molecule has 0 radical (unpaired) electrons. The Hall–Kier alpha value is -2.55. The first kappa shape index (κ1) is 21.7. The number of nitrogens with one attached hydrogen (secondary N) is 1. The van der Waals surface area contributed by atoms with Gasteiger partial charge in [-0.25, -0.2) is 0 Å². The zero-order valence-corrected chi connectivity index (χ0v) is 17.1. The third-order valence-corrected chi connectivity index (χ3v) is 5.10. The topological polar surface area (TPSA) is 103 Å². The lowest BCUT2D eigenvalue weighted by atomic mass is 9.99. The van der Waals surface area contributed by atoms with Gasteiger partial charge in [0.05, 0.1) is 26.3 Å². The fourth-order valence-electron chi connectivity index (χ4n) is 3.59. The number of carbonyl (C=O) groups is 1. The lowest BCUT2D eigenvalue weighted by Crippen LogP contribution is -2.46. The van der Waals surface area contributed by atoms with Crippen molar-refractivity contribution in [2.45, 2.75) is 32.7 Å². The monoisotopic (exact) mass is 395 g/mol. The van der Waals surface area contributed by atoms with Gasteiger partial charge in [0.2, 0.25) is 11.5 Å². The van der Waals surface area contributed by atoms with Gasteiger partial charge in [0.1, 0.15) is 5.56 Å². The highest BCUT2D eigenvalue weighted by Gasteiger charge is 2.32. The molecule has 0 aliphatic carbocycles. The first-order chi connectivity index (χ1) is 13.3. The van der Waals surface area contributed by atoms with E-state index in [0.29, 0.717) is 12.5 Å². The van der Waals surface area contributed by atoms with E-state index >= 15 is 0 Å². The molecule has 1 N–H and O–H groups in total. The molecule has 156 valence electrons. The molecule has 28 heavy (non-hydrogen) atoms. The van der Waals surface area contributed by atoms with E-state index in [1.54, 1.807) is 0 Å². The number of hydrogen-bond acceptors (Lipinski definition) is 7. The number of likely N-dealkylation sites (tertiary alicyclic amines) is 1. The van der Waals surface area contributed by atoms with Crippen LogP contribution < -0.4 is 19.5 Å². The number of nitrogens with zero attached hydrogens (tertiary/aromatic N) is 2. The molecule has 2 rings (SSSR count). The molecule has 1 amide bonds. The van der Waals surface area contributed by atoms with Crippen LogP contribution in [0.4, 0.5) is 5.69 Å². The number of carbonyl (C=O) groups excluding carboxylic acids is 1. The molecule has 0 saturated carbocycles. The molecule has 1 aliphatic heterocycles. The molecule has 1 fully saturated rings. The van der Waals surface area contributed by atoms with Gasteiger partial charge in [-0.1, -0.05) is 6.92 Å². The van der Waals surface area contributed by atoms with E-state index in [1.165, 1.54) is 33.8 Å². The Morgan fingerprint density at radius 1 is 1.32 bits per heavy atom. The predicted molar refractivity (Wildman–Crippen MR) is 105 cm³/mol. The summed E-state index contributed by atoms with van der Waals surface area (Å²) in [6, 6.07) is 1.44. The van der Waals surface area contributed by atoms with Crippen molar-refractivity contribution >= 4 is 11.6 Å². The summed E-state index contributed by atoms with van der Waals surface area (Å²) in [4.78, 5) is 26.1. The molecular formula is C19H29N3O6. The van der Waals surface area contributed by atoms with Gasteiger partial charge in [0, 0.05) is 25.2 Å². The number of hydrogen-bond donors (Lipinski definition) is 1. The minimum absolute atomic E-state index is 0.0731. The van der Waals surface area contributed by atoms with Crippen molar-refractivity contribution in [2.75, 3.05) is 41.0 Å². The number of amides is 1. The summed E-state index contributed by atoms with van der Waals surface area (Å²) in [5.41, 5.74) is -0.574. The van der Waals surface area contributed by atoms with E-state index in [-0.39, 0.29) is 28.9 Å². The van der Waals surface area contributed by atoms with E-state index < -0.39 is 16.5 Å². The molecular weight excluding hydrogens is 366 g/mol. The normalized spacial score (nSPS) is 18.2. The summed E-state index contributed by atoms with van der Waals surface area (Å²) in [6.45, 7) is 6.63. The van der Waals surface area contributed by atoms with Gasteiger partial charge in [-0.2, -0.15) is 0 Å². The summed E-state index contributed by atoms with van der Waals surface area (Å²) in [6.07, 6.45) is 2.35.